The molecule has 1 N–H and O–H groups in total. The van der Waals surface area contributed by atoms with Crippen LogP contribution >= 0.6 is 0 Å². The fourth-order valence-electron chi connectivity index (χ4n) is 2.00. The summed E-state index contributed by atoms with van der Waals surface area (Å²) in [6.07, 6.45) is 0. The van der Waals surface area contributed by atoms with Crippen molar-refractivity contribution in [3.8, 4) is 11.5 Å². The van der Waals surface area contributed by atoms with E-state index >= 15 is 0 Å². The number of benzene rings is 2. The van der Waals surface area contributed by atoms with Crippen LogP contribution in [0.1, 0.15) is 12.5 Å². The Morgan fingerprint density at radius 3 is 2.43 bits per heavy atom. The van der Waals surface area contributed by atoms with Crippen LogP contribution in [0.5, 0.6) is 11.5 Å². The Bertz CT molecular complexity index is 660. The molecule has 0 heterocycles. The maximum Gasteiger partial charge on any atom is 0.258 e. The van der Waals surface area contributed by atoms with Crippen molar-refractivity contribution in [2.75, 3.05) is 13.2 Å². The summed E-state index contributed by atoms with van der Waals surface area (Å²) in [5.41, 5.74) is 1.04. The molecule has 2 aromatic carbocycles. The molecule has 0 aliphatic carbocycles. The molecule has 23 heavy (non-hydrogen) atoms. The van der Waals surface area contributed by atoms with Crippen LogP contribution in [0.25, 0.3) is 0 Å². The molecule has 2 rings (SSSR count). The zero-order valence-corrected chi connectivity index (χ0v) is 13.2. The molecule has 0 spiro atoms. The van der Waals surface area contributed by atoms with Gasteiger partial charge in [0.05, 0.1) is 6.04 Å². The lowest BCUT2D eigenvalue weighted by Gasteiger charge is -2.16. The maximum absolute atomic E-state index is 13.4. The van der Waals surface area contributed by atoms with Crippen molar-refractivity contribution in [2.24, 2.45) is 0 Å². The highest BCUT2D eigenvalue weighted by molar-refractivity contribution is 5.77. The average Bonchev–Trinajstić information content (AvgIpc) is 2.53. The molecular weight excluding hydrogens is 297 g/mol. The number of hydrogen-bond donors (Lipinski definition) is 1. The van der Waals surface area contributed by atoms with E-state index in [-0.39, 0.29) is 24.3 Å². The van der Waals surface area contributed by atoms with Gasteiger partial charge in [-0.15, -0.1) is 0 Å². The van der Waals surface area contributed by atoms with Crippen LogP contribution in [0, 0.1) is 12.7 Å². The van der Waals surface area contributed by atoms with Gasteiger partial charge in [-0.2, -0.15) is 0 Å². The molecule has 0 bridgehead atoms. The summed E-state index contributed by atoms with van der Waals surface area (Å²) in [5, 5.41) is 2.75. The second-order valence-electron chi connectivity index (χ2n) is 5.26. The van der Waals surface area contributed by atoms with Gasteiger partial charge >= 0.3 is 0 Å². The lowest BCUT2D eigenvalue weighted by Crippen LogP contribution is -2.39. The molecule has 0 unspecified atom stereocenters. The summed E-state index contributed by atoms with van der Waals surface area (Å²) in [5.74, 6) is 0.0352. The zero-order valence-electron chi connectivity index (χ0n) is 13.2. The zero-order chi connectivity index (χ0) is 16.7. The highest BCUT2D eigenvalue weighted by Gasteiger charge is 2.10. The molecule has 0 aromatic heterocycles. The van der Waals surface area contributed by atoms with Crippen molar-refractivity contribution < 1.29 is 18.7 Å². The van der Waals surface area contributed by atoms with Gasteiger partial charge in [-0.25, -0.2) is 4.39 Å². The Morgan fingerprint density at radius 2 is 1.74 bits per heavy atom. The van der Waals surface area contributed by atoms with E-state index in [1.54, 1.807) is 12.1 Å². The Morgan fingerprint density at radius 1 is 1.09 bits per heavy atom. The monoisotopic (exact) mass is 317 g/mol. The lowest BCUT2D eigenvalue weighted by molar-refractivity contribution is -0.123. The first-order valence-electron chi connectivity index (χ1n) is 7.41. The quantitative estimate of drug-likeness (QED) is 0.853. The minimum absolute atomic E-state index is 0.0615. The van der Waals surface area contributed by atoms with Gasteiger partial charge in [0.1, 0.15) is 12.4 Å². The minimum atomic E-state index is -0.490. The normalized spacial score (nSPS) is 11.6. The Kier molecular flexibility index (Phi) is 5.97. The topological polar surface area (TPSA) is 47.6 Å². The first-order valence-corrected chi connectivity index (χ1v) is 7.41. The van der Waals surface area contributed by atoms with Crippen molar-refractivity contribution in [1.29, 1.82) is 0 Å². The van der Waals surface area contributed by atoms with E-state index in [1.165, 1.54) is 12.1 Å². The molecule has 122 valence electrons. The molecule has 0 aliphatic rings. The van der Waals surface area contributed by atoms with Crippen LogP contribution in [-0.4, -0.2) is 25.2 Å². The fourth-order valence-corrected chi connectivity index (χ4v) is 2.00. The highest BCUT2D eigenvalue weighted by Crippen LogP contribution is 2.16. The number of para-hydroxylation sites is 2. The van der Waals surface area contributed by atoms with Crippen molar-refractivity contribution in [3.63, 3.8) is 0 Å². The van der Waals surface area contributed by atoms with E-state index in [0.717, 1.165) is 11.3 Å². The first kappa shape index (κ1) is 16.8. The Balaban J connectivity index is 1.74. The van der Waals surface area contributed by atoms with Gasteiger partial charge in [-0.1, -0.05) is 30.3 Å². The van der Waals surface area contributed by atoms with Gasteiger partial charge < -0.3 is 14.8 Å². The third-order valence-corrected chi connectivity index (χ3v) is 3.19. The number of rotatable bonds is 7. The van der Waals surface area contributed by atoms with E-state index in [2.05, 4.69) is 5.32 Å². The summed E-state index contributed by atoms with van der Waals surface area (Å²) < 4.78 is 24.2. The van der Waals surface area contributed by atoms with Crippen LogP contribution in [0.15, 0.2) is 48.5 Å². The van der Waals surface area contributed by atoms with Crippen LogP contribution in [0.3, 0.4) is 0 Å². The third kappa shape index (κ3) is 5.29. The van der Waals surface area contributed by atoms with E-state index in [4.69, 9.17) is 9.47 Å². The smallest absolute Gasteiger partial charge is 0.258 e. The van der Waals surface area contributed by atoms with Gasteiger partial charge in [0.15, 0.2) is 18.2 Å². The van der Waals surface area contributed by atoms with E-state index in [1.807, 2.05) is 38.1 Å². The van der Waals surface area contributed by atoms with Gasteiger partial charge in [-0.3, -0.25) is 4.79 Å². The second kappa shape index (κ2) is 8.17. The molecule has 2 aromatic rings. The molecular formula is C18H20FNO3. The fraction of sp³-hybridized carbons (Fsp3) is 0.278. The number of aryl methyl sites for hydroxylation is 1. The molecule has 0 radical (unpaired) electrons. The number of carbonyl (C=O) groups is 1. The van der Waals surface area contributed by atoms with Crippen molar-refractivity contribution in [1.82, 2.24) is 5.32 Å². The largest absolute Gasteiger partial charge is 0.491 e. The van der Waals surface area contributed by atoms with Gasteiger partial charge in [0.25, 0.3) is 5.91 Å². The SMILES string of the molecule is Cc1ccccc1OC[C@@H](C)NC(=O)COc1ccccc1F. The standard InChI is InChI=1S/C18H20FNO3/c1-13-7-3-5-9-16(13)22-11-14(2)20-18(21)12-23-17-10-6-4-8-15(17)19/h3-10,14H,11-12H2,1-2H3,(H,20,21)/t14-/m1/s1. The second-order valence-corrected chi connectivity index (χ2v) is 5.26. The molecule has 1 amide bonds. The van der Waals surface area contributed by atoms with Crippen molar-refractivity contribution in [3.05, 3.63) is 59.9 Å². The Hall–Kier alpha value is -2.56. The summed E-state index contributed by atoms with van der Waals surface area (Å²) >= 11 is 0. The average molecular weight is 317 g/mol. The number of ether oxygens (including phenoxy) is 2. The van der Waals surface area contributed by atoms with Crippen molar-refractivity contribution in [2.45, 2.75) is 19.9 Å². The van der Waals surface area contributed by atoms with Gasteiger partial charge in [0.2, 0.25) is 0 Å². The number of hydrogen-bond acceptors (Lipinski definition) is 3. The number of amides is 1. The molecule has 1 atom stereocenters. The first-order chi connectivity index (χ1) is 11.1. The van der Waals surface area contributed by atoms with E-state index < -0.39 is 5.82 Å². The van der Waals surface area contributed by atoms with Crippen molar-refractivity contribution >= 4 is 5.91 Å². The van der Waals surface area contributed by atoms with Crippen LogP contribution < -0.4 is 14.8 Å². The lowest BCUT2D eigenvalue weighted by atomic mass is 10.2. The predicted molar refractivity (Wildman–Crippen MR) is 86.2 cm³/mol. The summed E-state index contributed by atoms with van der Waals surface area (Å²) in [6, 6.07) is 13.5. The summed E-state index contributed by atoms with van der Waals surface area (Å²) in [7, 11) is 0. The molecule has 4 nitrogen and oxygen atoms in total. The molecule has 5 heteroatoms. The van der Waals surface area contributed by atoms with Crippen LogP contribution in [0.2, 0.25) is 0 Å². The van der Waals surface area contributed by atoms with E-state index in [0.29, 0.717) is 6.61 Å². The molecule has 0 aliphatic heterocycles. The predicted octanol–water partition coefficient (Wildman–Crippen LogP) is 3.10. The molecule has 0 saturated heterocycles. The summed E-state index contributed by atoms with van der Waals surface area (Å²) in [6.45, 7) is 3.89. The summed E-state index contributed by atoms with van der Waals surface area (Å²) in [4.78, 5) is 11.8. The molecule has 0 fully saturated rings. The minimum Gasteiger partial charge on any atom is -0.491 e. The van der Waals surface area contributed by atoms with Crippen LogP contribution in [-0.2, 0) is 4.79 Å². The maximum atomic E-state index is 13.4. The van der Waals surface area contributed by atoms with Gasteiger partial charge in [-0.05, 0) is 37.6 Å². The van der Waals surface area contributed by atoms with Crippen LogP contribution in [0.4, 0.5) is 4.39 Å². The number of carbonyl (C=O) groups excluding carboxylic acids is 1. The van der Waals surface area contributed by atoms with Gasteiger partial charge in [0, 0.05) is 0 Å². The highest BCUT2D eigenvalue weighted by atomic mass is 19.1. The Labute approximate surface area is 135 Å². The number of halogens is 1. The van der Waals surface area contributed by atoms with E-state index in [9.17, 15) is 9.18 Å². The molecule has 0 saturated carbocycles. The third-order valence-electron chi connectivity index (χ3n) is 3.19. The number of nitrogens with one attached hydrogen (secondary N) is 1.